The Hall–Kier alpha value is -2.41. The lowest BCUT2D eigenvalue weighted by Gasteiger charge is -2.32. The topological polar surface area (TPSA) is 61.5 Å². The highest BCUT2D eigenvalue weighted by molar-refractivity contribution is 5.78. The lowest BCUT2D eigenvalue weighted by Crippen LogP contribution is -2.35. The molecule has 0 radical (unpaired) electrons. The molecule has 1 N–H and O–H groups in total. The van der Waals surface area contributed by atoms with Gasteiger partial charge in [0.2, 0.25) is 11.9 Å². The molecule has 180 valence electrons. The van der Waals surface area contributed by atoms with Gasteiger partial charge >= 0.3 is 0 Å². The van der Waals surface area contributed by atoms with Gasteiger partial charge in [-0.3, -0.25) is 4.79 Å². The molecule has 1 saturated carbocycles. The van der Waals surface area contributed by atoms with E-state index < -0.39 is 0 Å². The van der Waals surface area contributed by atoms with Crippen molar-refractivity contribution in [3.8, 4) is 0 Å². The zero-order valence-electron chi connectivity index (χ0n) is 20.3. The van der Waals surface area contributed by atoms with Gasteiger partial charge in [-0.1, -0.05) is 26.0 Å². The van der Waals surface area contributed by atoms with Crippen LogP contribution in [0.25, 0.3) is 0 Å². The number of amides is 1. The SMILES string of the molecule is CC(C)c1cnc(N2CCC([C@H]3C[C@H]3COCc3ccc(CC(=O)N(C)C)cc3F)CC2)[nH]1. The van der Waals surface area contributed by atoms with Crippen molar-refractivity contribution in [3.63, 3.8) is 0 Å². The summed E-state index contributed by atoms with van der Waals surface area (Å²) in [6, 6.07) is 5.02. The molecule has 1 amide bonds. The van der Waals surface area contributed by atoms with Gasteiger partial charge in [-0.15, -0.1) is 0 Å². The van der Waals surface area contributed by atoms with Crippen molar-refractivity contribution < 1.29 is 13.9 Å². The molecule has 0 bridgehead atoms. The van der Waals surface area contributed by atoms with Crippen LogP contribution in [0, 0.1) is 23.6 Å². The standard InChI is InChI=1S/C26H37FN4O2/c1-17(2)24-14-28-26(29-24)31-9-7-19(8-10-31)22-13-21(22)16-33-15-20-6-5-18(11-23(20)27)12-25(32)30(3)4/h5-6,11,14,17,19,21-22H,7-10,12-13,15-16H2,1-4H3,(H,28,29)/t21-,22+/m0/s1. The smallest absolute Gasteiger partial charge is 0.226 e. The third kappa shape index (κ3) is 5.94. The fourth-order valence-corrected chi connectivity index (χ4v) is 4.83. The summed E-state index contributed by atoms with van der Waals surface area (Å²) in [5.41, 5.74) is 2.44. The minimum Gasteiger partial charge on any atom is -0.376 e. The number of nitrogens with one attached hydrogen (secondary N) is 1. The van der Waals surface area contributed by atoms with Gasteiger partial charge in [0.1, 0.15) is 5.82 Å². The first-order chi connectivity index (χ1) is 15.8. The molecule has 2 aromatic rings. The van der Waals surface area contributed by atoms with Crippen molar-refractivity contribution in [3.05, 3.63) is 47.0 Å². The molecule has 1 aromatic carbocycles. The zero-order chi connectivity index (χ0) is 23.5. The molecular formula is C26H37FN4O2. The average molecular weight is 457 g/mol. The summed E-state index contributed by atoms with van der Waals surface area (Å²) in [5.74, 6) is 3.23. The third-order valence-electron chi connectivity index (χ3n) is 7.19. The summed E-state index contributed by atoms with van der Waals surface area (Å²) in [4.78, 5) is 23.7. The van der Waals surface area contributed by atoms with E-state index in [1.807, 2.05) is 12.3 Å². The summed E-state index contributed by atoms with van der Waals surface area (Å²) in [7, 11) is 3.41. The first-order valence-electron chi connectivity index (χ1n) is 12.2. The second-order valence-corrected chi connectivity index (χ2v) is 10.2. The number of H-pyrrole nitrogens is 1. The Morgan fingerprint density at radius 3 is 2.70 bits per heavy atom. The van der Waals surface area contributed by atoms with E-state index in [0.29, 0.717) is 29.6 Å². The Bertz CT molecular complexity index is 950. The summed E-state index contributed by atoms with van der Waals surface area (Å²) < 4.78 is 20.3. The number of likely N-dealkylation sites (N-methyl/N-ethyl adjacent to an activating group) is 1. The van der Waals surface area contributed by atoms with Gasteiger partial charge in [-0.2, -0.15) is 0 Å². The number of rotatable bonds is 9. The number of halogens is 1. The van der Waals surface area contributed by atoms with Crippen LogP contribution in [0.4, 0.5) is 10.3 Å². The van der Waals surface area contributed by atoms with Crippen LogP contribution in [0.15, 0.2) is 24.4 Å². The van der Waals surface area contributed by atoms with E-state index in [4.69, 9.17) is 4.74 Å². The molecule has 4 rings (SSSR count). The van der Waals surface area contributed by atoms with Gasteiger partial charge in [0.05, 0.1) is 25.8 Å². The number of ether oxygens (including phenoxy) is 1. The normalized spacial score (nSPS) is 21.0. The highest BCUT2D eigenvalue weighted by Crippen LogP contribution is 2.48. The summed E-state index contributed by atoms with van der Waals surface area (Å²) in [6.07, 6.45) is 5.78. The van der Waals surface area contributed by atoms with Crippen molar-refractivity contribution >= 4 is 11.9 Å². The van der Waals surface area contributed by atoms with E-state index in [-0.39, 0.29) is 24.8 Å². The Balaban J connectivity index is 1.17. The van der Waals surface area contributed by atoms with E-state index >= 15 is 0 Å². The molecule has 7 heteroatoms. The maximum Gasteiger partial charge on any atom is 0.226 e. The van der Waals surface area contributed by atoms with E-state index in [1.54, 1.807) is 20.2 Å². The molecule has 1 aromatic heterocycles. The third-order valence-corrected chi connectivity index (χ3v) is 7.19. The molecule has 33 heavy (non-hydrogen) atoms. The Morgan fingerprint density at radius 1 is 1.30 bits per heavy atom. The second-order valence-electron chi connectivity index (χ2n) is 10.2. The molecular weight excluding hydrogens is 419 g/mol. The van der Waals surface area contributed by atoms with Crippen molar-refractivity contribution in [2.75, 3.05) is 38.7 Å². The Labute approximate surface area is 196 Å². The summed E-state index contributed by atoms with van der Waals surface area (Å²) in [5, 5.41) is 0. The molecule has 0 unspecified atom stereocenters. The van der Waals surface area contributed by atoms with Crippen molar-refractivity contribution in [1.82, 2.24) is 14.9 Å². The molecule has 1 saturated heterocycles. The van der Waals surface area contributed by atoms with Crippen LogP contribution in [0.3, 0.4) is 0 Å². The number of carbonyl (C=O) groups excluding carboxylic acids is 1. The Kier molecular flexibility index (Phi) is 7.37. The van der Waals surface area contributed by atoms with Crippen molar-refractivity contribution in [2.45, 2.75) is 52.1 Å². The Morgan fingerprint density at radius 2 is 2.06 bits per heavy atom. The minimum absolute atomic E-state index is 0.0338. The monoisotopic (exact) mass is 456 g/mol. The number of aromatic nitrogens is 2. The van der Waals surface area contributed by atoms with Gasteiger partial charge in [-0.25, -0.2) is 9.37 Å². The summed E-state index contributed by atoms with van der Waals surface area (Å²) >= 11 is 0. The van der Waals surface area contributed by atoms with Crippen LogP contribution in [0.2, 0.25) is 0 Å². The minimum atomic E-state index is -0.294. The lowest BCUT2D eigenvalue weighted by molar-refractivity contribution is -0.127. The maximum absolute atomic E-state index is 14.4. The molecule has 2 fully saturated rings. The number of hydrogen-bond acceptors (Lipinski definition) is 4. The van der Waals surface area contributed by atoms with Crippen LogP contribution in [0.1, 0.15) is 55.8 Å². The maximum atomic E-state index is 14.4. The van der Waals surface area contributed by atoms with E-state index in [9.17, 15) is 9.18 Å². The predicted molar refractivity (Wildman–Crippen MR) is 128 cm³/mol. The number of imidazole rings is 1. The van der Waals surface area contributed by atoms with E-state index in [1.165, 1.54) is 35.9 Å². The van der Waals surface area contributed by atoms with Crippen molar-refractivity contribution in [2.24, 2.45) is 17.8 Å². The molecule has 2 aliphatic rings. The molecule has 1 aliphatic carbocycles. The first-order valence-corrected chi connectivity index (χ1v) is 12.2. The van der Waals surface area contributed by atoms with Gasteiger partial charge in [-0.05, 0) is 54.6 Å². The number of hydrogen-bond donors (Lipinski definition) is 1. The lowest BCUT2D eigenvalue weighted by atomic mass is 9.91. The van der Waals surface area contributed by atoms with Gasteiger partial charge < -0.3 is 19.5 Å². The van der Waals surface area contributed by atoms with Crippen LogP contribution in [-0.2, 0) is 22.6 Å². The molecule has 1 aliphatic heterocycles. The first kappa shape index (κ1) is 23.7. The van der Waals surface area contributed by atoms with Gasteiger partial charge in [0.25, 0.3) is 0 Å². The highest BCUT2D eigenvalue weighted by atomic mass is 19.1. The highest BCUT2D eigenvalue weighted by Gasteiger charge is 2.43. The van der Waals surface area contributed by atoms with Crippen LogP contribution >= 0.6 is 0 Å². The number of anilines is 1. The van der Waals surface area contributed by atoms with Crippen LogP contribution in [-0.4, -0.2) is 54.6 Å². The number of nitrogens with zero attached hydrogens (tertiary/aromatic N) is 3. The largest absolute Gasteiger partial charge is 0.376 e. The quantitative estimate of drug-likeness (QED) is 0.609. The van der Waals surface area contributed by atoms with Gasteiger partial charge in [0, 0.05) is 38.4 Å². The number of piperidine rings is 1. The zero-order valence-corrected chi connectivity index (χ0v) is 20.3. The van der Waals surface area contributed by atoms with Gasteiger partial charge in [0.15, 0.2) is 0 Å². The van der Waals surface area contributed by atoms with Crippen LogP contribution < -0.4 is 4.90 Å². The average Bonchev–Trinajstić information content (AvgIpc) is 3.37. The van der Waals surface area contributed by atoms with E-state index in [0.717, 1.165) is 30.9 Å². The second kappa shape index (κ2) is 10.2. The van der Waals surface area contributed by atoms with Crippen molar-refractivity contribution in [1.29, 1.82) is 0 Å². The fourth-order valence-electron chi connectivity index (χ4n) is 4.83. The molecule has 0 spiro atoms. The van der Waals surface area contributed by atoms with Crippen LogP contribution in [0.5, 0.6) is 0 Å². The predicted octanol–water partition coefficient (Wildman–Crippen LogP) is 4.37. The fraction of sp³-hybridized carbons (Fsp3) is 0.615. The molecule has 6 nitrogen and oxygen atoms in total. The van der Waals surface area contributed by atoms with E-state index in [2.05, 4.69) is 28.7 Å². The number of carbonyl (C=O) groups is 1. The molecule has 2 atom stereocenters. The number of aromatic amines is 1. The molecule has 2 heterocycles. The number of benzene rings is 1. The summed E-state index contributed by atoms with van der Waals surface area (Å²) in [6.45, 7) is 7.43.